The molecule has 0 atom stereocenters. The fourth-order valence-corrected chi connectivity index (χ4v) is 3.16. The number of aromatic nitrogens is 3. The summed E-state index contributed by atoms with van der Waals surface area (Å²) >= 11 is 0. The summed E-state index contributed by atoms with van der Waals surface area (Å²) in [7, 11) is 3.14. The van der Waals surface area contributed by atoms with Gasteiger partial charge in [0.15, 0.2) is 5.82 Å². The van der Waals surface area contributed by atoms with Gasteiger partial charge in [0.1, 0.15) is 17.0 Å². The van der Waals surface area contributed by atoms with Crippen LogP contribution in [0.25, 0.3) is 21.8 Å². The van der Waals surface area contributed by atoms with Gasteiger partial charge in [-0.1, -0.05) is 6.07 Å². The monoisotopic (exact) mass is 378 g/mol. The number of methoxy groups -OCH3 is 2. The molecule has 0 amide bonds. The molecule has 3 N–H and O–H groups in total. The number of carbonyl (C=O) groups is 1. The molecule has 4 aromatic rings. The molecule has 0 unspecified atom stereocenters. The number of aromatic amines is 1. The third kappa shape index (κ3) is 3.16. The number of fused-ring (bicyclic) bond motifs is 3. The molecule has 2 aromatic carbocycles. The summed E-state index contributed by atoms with van der Waals surface area (Å²) in [5.41, 5.74) is 2.88. The Kier molecular flexibility index (Phi) is 4.44. The topological polar surface area (TPSA) is 109 Å². The van der Waals surface area contributed by atoms with Crippen molar-refractivity contribution in [3.63, 3.8) is 0 Å². The first-order valence-electron chi connectivity index (χ1n) is 8.55. The van der Waals surface area contributed by atoms with Crippen molar-refractivity contribution in [1.29, 1.82) is 0 Å². The molecule has 0 aliphatic carbocycles. The second-order valence-electron chi connectivity index (χ2n) is 6.22. The van der Waals surface area contributed by atoms with Crippen LogP contribution in [0.15, 0.2) is 42.6 Å². The highest BCUT2D eigenvalue weighted by molar-refractivity contribution is 6.09. The Bertz CT molecular complexity index is 1190. The number of anilines is 2. The third-order valence-electron chi connectivity index (χ3n) is 4.49. The van der Waals surface area contributed by atoms with Crippen LogP contribution in [0.4, 0.5) is 11.5 Å². The van der Waals surface area contributed by atoms with Crippen molar-refractivity contribution in [2.45, 2.75) is 6.42 Å². The number of hydrogen-bond donors (Lipinski definition) is 3. The van der Waals surface area contributed by atoms with Gasteiger partial charge in [-0.2, -0.15) is 5.10 Å². The van der Waals surface area contributed by atoms with Crippen LogP contribution in [-0.4, -0.2) is 40.5 Å². The van der Waals surface area contributed by atoms with Gasteiger partial charge in [0.05, 0.1) is 32.4 Å². The Labute approximate surface area is 160 Å². The van der Waals surface area contributed by atoms with E-state index in [0.717, 1.165) is 33.2 Å². The second-order valence-corrected chi connectivity index (χ2v) is 6.22. The van der Waals surface area contributed by atoms with E-state index < -0.39 is 5.97 Å². The first kappa shape index (κ1) is 17.6. The molecule has 0 radical (unpaired) electrons. The van der Waals surface area contributed by atoms with Crippen LogP contribution in [0.2, 0.25) is 0 Å². The number of hydrogen-bond acceptors (Lipinski definition) is 6. The van der Waals surface area contributed by atoms with Crippen molar-refractivity contribution < 1.29 is 19.4 Å². The summed E-state index contributed by atoms with van der Waals surface area (Å²) in [4.78, 5) is 15.7. The summed E-state index contributed by atoms with van der Waals surface area (Å²) in [5, 5.41) is 21.3. The molecule has 0 saturated carbocycles. The lowest BCUT2D eigenvalue weighted by Crippen LogP contribution is -2.03. The lowest BCUT2D eigenvalue weighted by molar-refractivity contribution is -0.136. The summed E-state index contributed by atoms with van der Waals surface area (Å²) in [6, 6.07) is 10.9. The molecule has 4 rings (SSSR count). The minimum Gasteiger partial charge on any atom is -0.497 e. The Hall–Kier alpha value is -3.81. The smallest absolute Gasteiger partial charge is 0.307 e. The number of nitrogens with zero attached hydrogens (tertiary/aromatic N) is 2. The maximum atomic E-state index is 11.0. The molecule has 0 saturated heterocycles. The van der Waals surface area contributed by atoms with Crippen molar-refractivity contribution in [2.75, 3.05) is 19.5 Å². The van der Waals surface area contributed by atoms with Crippen LogP contribution in [0.1, 0.15) is 5.56 Å². The van der Waals surface area contributed by atoms with Crippen LogP contribution in [0.5, 0.6) is 11.5 Å². The molecule has 0 bridgehead atoms. The molecule has 0 aliphatic rings. The highest BCUT2D eigenvalue weighted by Crippen LogP contribution is 2.32. The summed E-state index contributed by atoms with van der Waals surface area (Å²) < 4.78 is 10.6. The summed E-state index contributed by atoms with van der Waals surface area (Å²) in [6.45, 7) is 0. The zero-order valence-corrected chi connectivity index (χ0v) is 15.3. The molecule has 8 nitrogen and oxygen atoms in total. The SMILES string of the molecule is COc1ccc2nc(Nc3ccc(CC(=O)O)c(OC)c3)c3[nH]ncc3c2c1. The van der Waals surface area contributed by atoms with Gasteiger partial charge < -0.3 is 19.9 Å². The summed E-state index contributed by atoms with van der Waals surface area (Å²) in [5.74, 6) is 0.943. The molecule has 8 heteroatoms. The van der Waals surface area contributed by atoms with Gasteiger partial charge in [-0.05, 0) is 24.3 Å². The Morgan fingerprint density at radius 2 is 2.00 bits per heavy atom. The van der Waals surface area contributed by atoms with E-state index in [1.807, 2.05) is 18.2 Å². The van der Waals surface area contributed by atoms with E-state index in [4.69, 9.17) is 19.6 Å². The lowest BCUT2D eigenvalue weighted by Gasteiger charge is -2.12. The zero-order valence-electron chi connectivity index (χ0n) is 15.3. The average Bonchev–Trinajstić information content (AvgIpc) is 3.19. The van der Waals surface area contributed by atoms with Gasteiger partial charge in [-0.25, -0.2) is 4.98 Å². The van der Waals surface area contributed by atoms with Crippen molar-refractivity contribution in [2.24, 2.45) is 0 Å². The van der Waals surface area contributed by atoms with Crippen LogP contribution < -0.4 is 14.8 Å². The number of rotatable bonds is 6. The second kappa shape index (κ2) is 7.07. The van der Waals surface area contributed by atoms with Crippen molar-refractivity contribution >= 4 is 39.3 Å². The first-order valence-corrected chi connectivity index (χ1v) is 8.55. The normalized spacial score (nSPS) is 10.9. The fourth-order valence-electron chi connectivity index (χ4n) is 3.16. The van der Waals surface area contributed by atoms with E-state index in [2.05, 4.69) is 15.5 Å². The molecule has 2 aromatic heterocycles. The van der Waals surface area contributed by atoms with Crippen molar-refractivity contribution in [1.82, 2.24) is 15.2 Å². The van der Waals surface area contributed by atoms with E-state index in [0.29, 0.717) is 17.1 Å². The predicted molar refractivity (Wildman–Crippen MR) is 106 cm³/mol. The zero-order chi connectivity index (χ0) is 19.7. The number of carboxylic acids is 1. The van der Waals surface area contributed by atoms with Gasteiger partial charge in [0.2, 0.25) is 0 Å². The maximum absolute atomic E-state index is 11.0. The molecular formula is C20H18N4O4. The molecule has 28 heavy (non-hydrogen) atoms. The lowest BCUT2D eigenvalue weighted by atomic mass is 10.1. The maximum Gasteiger partial charge on any atom is 0.307 e. The number of benzene rings is 2. The van der Waals surface area contributed by atoms with E-state index >= 15 is 0 Å². The summed E-state index contributed by atoms with van der Waals surface area (Å²) in [6.07, 6.45) is 1.64. The third-order valence-corrected chi connectivity index (χ3v) is 4.49. The quantitative estimate of drug-likeness (QED) is 0.471. The van der Waals surface area contributed by atoms with Gasteiger partial charge in [0.25, 0.3) is 0 Å². The number of pyridine rings is 1. The Balaban J connectivity index is 1.77. The number of carboxylic acid groups (broad SMARTS) is 1. The number of nitrogens with one attached hydrogen (secondary N) is 2. The Morgan fingerprint density at radius 1 is 1.14 bits per heavy atom. The Morgan fingerprint density at radius 3 is 2.75 bits per heavy atom. The van der Waals surface area contributed by atoms with Gasteiger partial charge in [-0.15, -0.1) is 0 Å². The van der Waals surface area contributed by atoms with E-state index in [1.165, 1.54) is 7.11 Å². The molecule has 0 aliphatic heterocycles. The van der Waals surface area contributed by atoms with E-state index in [9.17, 15) is 4.79 Å². The highest BCUT2D eigenvalue weighted by atomic mass is 16.5. The molecule has 2 heterocycles. The number of ether oxygens (including phenoxy) is 2. The van der Waals surface area contributed by atoms with Crippen LogP contribution in [-0.2, 0) is 11.2 Å². The predicted octanol–water partition coefficient (Wildman–Crippen LogP) is 3.50. The fraction of sp³-hybridized carbons (Fsp3) is 0.150. The van der Waals surface area contributed by atoms with E-state index in [-0.39, 0.29) is 6.42 Å². The molecule has 0 spiro atoms. The minimum atomic E-state index is -0.912. The van der Waals surface area contributed by atoms with Gasteiger partial charge in [0, 0.05) is 28.1 Å². The number of aliphatic carboxylic acids is 1. The van der Waals surface area contributed by atoms with E-state index in [1.54, 1.807) is 31.5 Å². The van der Waals surface area contributed by atoms with Crippen LogP contribution in [0.3, 0.4) is 0 Å². The van der Waals surface area contributed by atoms with Crippen LogP contribution in [0, 0.1) is 0 Å². The highest BCUT2D eigenvalue weighted by Gasteiger charge is 2.13. The first-order chi connectivity index (χ1) is 13.6. The van der Waals surface area contributed by atoms with Crippen molar-refractivity contribution in [3.8, 4) is 11.5 Å². The average molecular weight is 378 g/mol. The van der Waals surface area contributed by atoms with Gasteiger partial charge >= 0.3 is 5.97 Å². The molecule has 0 fully saturated rings. The van der Waals surface area contributed by atoms with Crippen molar-refractivity contribution in [3.05, 3.63) is 48.2 Å². The standard InChI is InChI=1S/C20H18N4O4/c1-27-13-5-6-16-14(9-13)15-10-21-24-19(15)20(23-16)22-12-4-3-11(7-18(25)26)17(8-12)28-2/h3-6,8-10H,7H2,1-2H3,(H,21,24)(H,22,23)(H,25,26). The number of H-pyrrole nitrogens is 1. The van der Waals surface area contributed by atoms with Gasteiger partial charge in [-0.3, -0.25) is 9.89 Å². The largest absolute Gasteiger partial charge is 0.497 e. The van der Waals surface area contributed by atoms with Crippen LogP contribution >= 0.6 is 0 Å². The minimum absolute atomic E-state index is 0.107. The molecular weight excluding hydrogens is 360 g/mol. The molecule has 142 valence electrons.